The number of hydrogen-bond donors (Lipinski definition) is 7. The number of rotatable bonds is 19. The number of ether oxygens (including phenoxy) is 1. The highest BCUT2D eigenvalue weighted by Gasteiger charge is 2.31. The number of hydrogen-bond acceptors (Lipinski definition) is 7. The van der Waals surface area contributed by atoms with Gasteiger partial charge in [0, 0.05) is 12.6 Å². The molecule has 13 heteroatoms. The van der Waals surface area contributed by atoms with E-state index in [1.807, 2.05) is 71.9 Å². The van der Waals surface area contributed by atoms with Gasteiger partial charge in [-0.25, -0.2) is 14.4 Å². The summed E-state index contributed by atoms with van der Waals surface area (Å²) < 4.78 is 5.20. The fraction of sp³-hybridized carbons (Fsp3) is 0.656. The van der Waals surface area contributed by atoms with Gasteiger partial charge in [0.25, 0.3) is 0 Å². The molecule has 0 heterocycles. The summed E-state index contributed by atoms with van der Waals surface area (Å²) >= 11 is 0. The molecule has 0 aromatic heterocycles. The molecule has 5 amide bonds. The number of carboxylic acid groups (broad SMARTS) is 1. The first kappa shape index (κ1) is 39.2. The highest BCUT2D eigenvalue weighted by molar-refractivity contribution is 5.92. The minimum Gasteiger partial charge on any atom is -0.480 e. The molecule has 13 nitrogen and oxygen atoms in total. The number of carboxylic acids is 1. The van der Waals surface area contributed by atoms with E-state index in [9.17, 15) is 29.1 Å². The lowest BCUT2D eigenvalue weighted by Crippen LogP contribution is -2.58. The van der Waals surface area contributed by atoms with Crippen LogP contribution >= 0.6 is 0 Å². The molecule has 1 aromatic rings. The van der Waals surface area contributed by atoms with Gasteiger partial charge in [-0.3, -0.25) is 9.59 Å². The average Bonchev–Trinajstić information content (AvgIpc) is 2.97. The van der Waals surface area contributed by atoms with Crippen LogP contribution in [-0.2, 0) is 25.7 Å². The minimum atomic E-state index is -1.20. The monoisotopic (exact) mass is 634 g/mol. The van der Waals surface area contributed by atoms with Gasteiger partial charge in [0.15, 0.2) is 0 Å². The van der Waals surface area contributed by atoms with Crippen molar-refractivity contribution in [1.29, 1.82) is 0 Å². The fourth-order valence-corrected chi connectivity index (χ4v) is 4.12. The predicted octanol–water partition coefficient (Wildman–Crippen LogP) is 3.02. The van der Waals surface area contributed by atoms with Crippen LogP contribution in [-0.4, -0.2) is 72.3 Å². The molecule has 0 aliphatic rings. The standard InChI is InChI=1S/C32H54N6O7/c1-21(2)26(28(40)35-22(3)32(4,5)6)38-27(39)24(36-30(43)37-25(29(41)42)17-10-12-18-33)16-11-13-19-34-31(44)45-20-23-14-8-7-9-15-23/h7-9,14-15,21-22,24-26H,10-13,16-20,33H2,1-6H3,(H,34,44)(H,35,40)(H,38,39)(H,41,42)(H2,36,37,43)/t22?,24-,25+,26?/m1/s1. The van der Waals surface area contributed by atoms with Crippen molar-refractivity contribution in [3.05, 3.63) is 35.9 Å². The maximum atomic E-state index is 13.4. The van der Waals surface area contributed by atoms with E-state index >= 15 is 0 Å². The molecular formula is C32H54N6O7. The summed E-state index contributed by atoms with van der Waals surface area (Å²) in [5.74, 6) is -2.36. The molecule has 0 saturated heterocycles. The summed E-state index contributed by atoms with van der Waals surface area (Å²) in [7, 11) is 0. The van der Waals surface area contributed by atoms with Crippen molar-refractivity contribution in [2.75, 3.05) is 13.1 Å². The zero-order valence-corrected chi connectivity index (χ0v) is 27.6. The molecule has 0 fully saturated rings. The maximum Gasteiger partial charge on any atom is 0.407 e. The Hall–Kier alpha value is -3.87. The molecular weight excluding hydrogens is 580 g/mol. The van der Waals surface area contributed by atoms with Crippen molar-refractivity contribution in [2.24, 2.45) is 17.1 Å². The van der Waals surface area contributed by atoms with Gasteiger partial charge in [-0.2, -0.15) is 0 Å². The number of benzene rings is 1. The molecule has 254 valence electrons. The predicted molar refractivity (Wildman–Crippen MR) is 172 cm³/mol. The van der Waals surface area contributed by atoms with E-state index in [0.29, 0.717) is 32.2 Å². The molecule has 0 spiro atoms. The Labute approximate surface area is 267 Å². The number of carbonyl (C=O) groups excluding carboxylic acids is 4. The lowest BCUT2D eigenvalue weighted by Gasteiger charge is -2.31. The van der Waals surface area contributed by atoms with Crippen molar-refractivity contribution in [1.82, 2.24) is 26.6 Å². The first-order valence-electron chi connectivity index (χ1n) is 15.7. The number of alkyl carbamates (subject to hydrolysis) is 1. The van der Waals surface area contributed by atoms with Crippen LogP contribution in [0.4, 0.5) is 9.59 Å². The van der Waals surface area contributed by atoms with Crippen LogP contribution in [0.25, 0.3) is 0 Å². The SMILES string of the molecule is CC(C)C(NC(=O)[C@@H](CCCCNC(=O)OCc1ccccc1)NC(=O)N[C@@H](CCCCN)C(=O)O)C(=O)NC(C)C(C)(C)C. The minimum absolute atomic E-state index is 0.136. The van der Waals surface area contributed by atoms with Gasteiger partial charge in [0.05, 0.1) is 0 Å². The fourth-order valence-electron chi connectivity index (χ4n) is 4.12. The van der Waals surface area contributed by atoms with E-state index in [2.05, 4.69) is 26.6 Å². The number of unbranched alkanes of at least 4 members (excludes halogenated alkanes) is 2. The molecule has 0 aliphatic carbocycles. The van der Waals surface area contributed by atoms with Crippen molar-refractivity contribution in [3.8, 4) is 0 Å². The topological polar surface area (TPSA) is 201 Å². The second kappa shape index (κ2) is 20.2. The van der Waals surface area contributed by atoms with Gasteiger partial charge in [-0.1, -0.05) is 65.0 Å². The summed E-state index contributed by atoms with van der Waals surface area (Å²) in [6.45, 7) is 12.3. The number of aliphatic carboxylic acids is 1. The van der Waals surface area contributed by atoms with E-state index in [0.717, 1.165) is 5.56 Å². The third kappa shape index (κ3) is 16.1. The van der Waals surface area contributed by atoms with Crippen molar-refractivity contribution in [2.45, 2.75) is 111 Å². The lowest BCUT2D eigenvalue weighted by molar-refractivity contribution is -0.139. The molecule has 1 aromatic carbocycles. The Bertz CT molecular complexity index is 1080. The smallest absolute Gasteiger partial charge is 0.407 e. The first-order valence-corrected chi connectivity index (χ1v) is 15.7. The van der Waals surface area contributed by atoms with Crippen molar-refractivity contribution < 1.29 is 33.8 Å². The second-order valence-corrected chi connectivity index (χ2v) is 12.7. The molecule has 2 unspecified atom stereocenters. The van der Waals surface area contributed by atoms with Crippen molar-refractivity contribution in [3.63, 3.8) is 0 Å². The van der Waals surface area contributed by atoms with Crippen LogP contribution in [0.15, 0.2) is 30.3 Å². The normalized spacial score (nSPS) is 14.0. The number of nitrogens with one attached hydrogen (secondary N) is 5. The van der Waals surface area contributed by atoms with Crippen molar-refractivity contribution >= 4 is 29.9 Å². The van der Waals surface area contributed by atoms with Crippen LogP contribution in [0.1, 0.15) is 85.6 Å². The van der Waals surface area contributed by atoms with Gasteiger partial charge < -0.3 is 42.2 Å². The molecule has 45 heavy (non-hydrogen) atoms. The molecule has 0 radical (unpaired) electrons. The highest BCUT2D eigenvalue weighted by atomic mass is 16.5. The largest absolute Gasteiger partial charge is 0.480 e. The number of urea groups is 1. The Morgan fingerprint density at radius 2 is 1.42 bits per heavy atom. The molecule has 4 atom stereocenters. The Kier molecular flexibility index (Phi) is 17.6. The zero-order chi connectivity index (χ0) is 34.0. The van der Waals surface area contributed by atoms with Gasteiger partial charge in [-0.15, -0.1) is 0 Å². The van der Waals surface area contributed by atoms with E-state index in [1.165, 1.54) is 0 Å². The summed E-state index contributed by atoms with van der Waals surface area (Å²) in [6, 6.07) is 5.20. The Balaban J connectivity index is 2.86. The maximum absolute atomic E-state index is 13.4. The van der Waals surface area contributed by atoms with Gasteiger partial charge in [0.1, 0.15) is 24.7 Å². The number of nitrogens with two attached hydrogens (primary N) is 1. The Morgan fingerprint density at radius 1 is 0.822 bits per heavy atom. The quantitative estimate of drug-likeness (QED) is 0.113. The van der Waals surface area contributed by atoms with Crippen LogP contribution < -0.4 is 32.3 Å². The van der Waals surface area contributed by atoms with Gasteiger partial charge in [0.2, 0.25) is 11.8 Å². The Morgan fingerprint density at radius 3 is 2.00 bits per heavy atom. The molecule has 8 N–H and O–H groups in total. The van der Waals surface area contributed by atoms with Crippen LogP contribution in [0.5, 0.6) is 0 Å². The lowest BCUT2D eigenvalue weighted by atomic mass is 9.87. The number of carbonyl (C=O) groups is 5. The summed E-state index contributed by atoms with van der Waals surface area (Å²) in [5.41, 5.74) is 6.15. The first-order chi connectivity index (χ1) is 21.1. The number of amides is 5. The third-order valence-electron chi connectivity index (χ3n) is 7.48. The van der Waals surface area contributed by atoms with E-state index in [1.54, 1.807) is 0 Å². The molecule has 0 bridgehead atoms. The zero-order valence-electron chi connectivity index (χ0n) is 27.6. The van der Waals surface area contributed by atoms with Crippen LogP contribution in [0, 0.1) is 11.3 Å². The third-order valence-corrected chi connectivity index (χ3v) is 7.48. The van der Waals surface area contributed by atoms with E-state index < -0.39 is 42.1 Å². The molecule has 0 saturated carbocycles. The van der Waals surface area contributed by atoms with Gasteiger partial charge >= 0.3 is 18.1 Å². The van der Waals surface area contributed by atoms with Gasteiger partial charge in [-0.05, 0) is 68.9 Å². The average molecular weight is 635 g/mol. The molecule has 1 rings (SSSR count). The second-order valence-electron chi connectivity index (χ2n) is 12.7. The highest BCUT2D eigenvalue weighted by Crippen LogP contribution is 2.19. The van der Waals surface area contributed by atoms with Crippen LogP contribution in [0.2, 0.25) is 0 Å². The van der Waals surface area contributed by atoms with Crippen LogP contribution in [0.3, 0.4) is 0 Å². The van der Waals surface area contributed by atoms with E-state index in [4.69, 9.17) is 10.5 Å². The summed E-state index contributed by atoms with van der Waals surface area (Å²) in [6.07, 6.45) is 1.81. The summed E-state index contributed by atoms with van der Waals surface area (Å²) in [4.78, 5) is 63.1. The van der Waals surface area contributed by atoms with E-state index in [-0.39, 0.29) is 49.3 Å². The molecule has 0 aliphatic heterocycles. The summed E-state index contributed by atoms with van der Waals surface area (Å²) in [5, 5.41) is 22.9.